The number of anilines is 1. The third-order valence-corrected chi connectivity index (χ3v) is 2.99. The van der Waals surface area contributed by atoms with Crippen LogP contribution in [-0.2, 0) is 6.18 Å². The van der Waals surface area contributed by atoms with Crippen molar-refractivity contribution in [2.45, 2.75) is 31.5 Å². The smallest absolute Gasteiger partial charge is 0.335 e. The molecule has 2 amide bonds. The van der Waals surface area contributed by atoms with E-state index in [1.54, 1.807) is 0 Å². The highest BCUT2D eigenvalue weighted by molar-refractivity contribution is 5.89. The van der Waals surface area contributed by atoms with Crippen molar-refractivity contribution in [1.29, 1.82) is 0 Å². The van der Waals surface area contributed by atoms with Gasteiger partial charge in [0.15, 0.2) is 5.82 Å². The Balaban J connectivity index is 2.09. The molecule has 1 aliphatic rings. The van der Waals surface area contributed by atoms with Crippen molar-refractivity contribution in [3.05, 3.63) is 29.6 Å². The van der Waals surface area contributed by atoms with Crippen LogP contribution in [0.15, 0.2) is 18.2 Å². The first-order chi connectivity index (χ1) is 8.88. The Bertz CT molecular complexity index is 483. The SMILES string of the molecule is O=C(Nc1cccc(C(F)(F)F)c1F)NC1CCC1. The molecule has 3 nitrogen and oxygen atoms in total. The van der Waals surface area contributed by atoms with Gasteiger partial charge in [0.25, 0.3) is 0 Å². The van der Waals surface area contributed by atoms with E-state index in [9.17, 15) is 22.4 Å². The van der Waals surface area contributed by atoms with Crippen LogP contribution in [0.4, 0.5) is 28.0 Å². The summed E-state index contributed by atoms with van der Waals surface area (Å²) in [5.41, 5.74) is -1.87. The van der Waals surface area contributed by atoms with Gasteiger partial charge in [-0.2, -0.15) is 13.2 Å². The molecule has 0 unspecified atom stereocenters. The summed E-state index contributed by atoms with van der Waals surface area (Å²) >= 11 is 0. The maximum absolute atomic E-state index is 13.6. The molecule has 0 bridgehead atoms. The van der Waals surface area contributed by atoms with Gasteiger partial charge in [0.1, 0.15) is 0 Å². The lowest BCUT2D eigenvalue weighted by Crippen LogP contribution is -2.42. The zero-order chi connectivity index (χ0) is 14.0. The summed E-state index contributed by atoms with van der Waals surface area (Å²) < 4.78 is 51.0. The monoisotopic (exact) mass is 276 g/mol. The van der Waals surface area contributed by atoms with Crippen molar-refractivity contribution in [3.63, 3.8) is 0 Å². The number of carbonyl (C=O) groups is 1. The van der Waals surface area contributed by atoms with Crippen LogP contribution < -0.4 is 10.6 Å². The molecule has 104 valence electrons. The van der Waals surface area contributed by atoms with Crippen molar-refractivity contribution in [2.24, 2.45) is 0 Å². The molecule has 0 heterocycles. The number of carbonyl (C=O) groups excluding carboxylic acids is 1. The Morgan fingerprint density at radius 2 is 1.95 bits per heavy atom. The van der Waals surface area contributed by atoms with Gasteiger partial charge in [0.2, 0.25) is 0 Å². The molecular weight excluding hydrogens is 264 g/mol. The zero-order valence-corrected chi connectivity index (χ0v) is 9.85. The molecule has 0 aliphatic heterocycles. The van der Waals surface area contributed by atoms with Crippen LogP contribution in [0.5, 0.6) is 0 Å². The highest BCUT2D eigenvalue weighted by Crippen LogP contribution is 2.33. The van der Waals surface area contributed by atoms with Crippen LogP contribution in [0.25, 0.3) is 0 Å². The van der Waals surface area contributed by atoms with E-state index in [1.807, 2.05) is 0 Å². The number of benzene rings is 1. The minimum Gasteiger partial charge on any atom is -0.335 e. The molecule has 0 radical (unpaired) electrons. The average Bonchev–Trinajstić information content (AvgIpc) is 2.25. The molecular formula is C12H12F4N2O. The standard InChI is InChI=1S/C12H12F4N2O/c13-10-8(12(14,15)16)5-2-6-9(10)18-11(19)17-7-3-1-4-7/h2,5-7H,1,3-4H2,(H2,17,18,19). The molecule has 19 heavy (non-hydrogen) atoms. The quantitative estimate of drug-likeness (QED) is 0.797. The Morgan fingerprint density at radius 3 is 2.47 bits per heavy atom. The maximum atomic E-state index is 13.6. The minimum absolute atomic E-state index is 0.0221. The first kappa shape index (κ1) is 13.6. The maximum Gasteiger partial charge on any atom is 0.419 e. The summed E-state index contributed by atoms with van der Waals surface area (Å²) in [4.78, 5) is 11.5. The second-order valence-corrected chi connectivity index (χ2v) is 4.39. The Morgan fingerprint density at radius 1 is 1.26 bits per heavy atom. The molecule has 0 atom stereocenters. The van der Waals surface area contributed by atoms with Crippen molar-refractivity contribution >= 4 is 11.7 Å². The van der Waals surface area contributed by atoms with Crippen LogP contribution >= 0.6 is 0 Å². The van der Waals surface area contributed by atoms with E-state index in [4.69, 9.17) is 0 Å². The van der Waals surface area contributed by atoms with Gasteiger partial charge in [0, 0.05) is 6.04 Å². The molecule has 0 aromatic heterocycles. The Kier molecular flexibility index (Phi) is 3.64. The van der Waals surface area contributed by atoms with E-state index in [2.05, 4.69) is 10.6 Å². The molecule has 2 N–H and O–H groups in total. The number of urea groups is 1. The lowest BCUT2D eigenvalue weighted by atomic mass is 9.93. The number of hydrogen-bond donors (Lipinski definition) is 2. The number of halogens is 4. The van der Waals surface area contributed by atoms with Gasteiger partial charge in [-0.05, 0) is 31.4 Å². The molecule has 1 aromatic carbocycles. The second kappa shape index (κ2) is 5.07. The molecule has 1 aliphatic carbocycles. The predicted molar refractivity (Wildman–Crippen MR) is 61.2 cm³/mol. The topological polar surface area (TPSA) is 41.1 Å². The Labute approximate surface area is 107 Å². The van der Waals surface area contributed by atoms with Crippen molar-refractivity contribution < 1.29 is 22.4 Å². The molecule has 7 heteroatoms. The third-order valence-electron chi connectivity index (χ3n) is 2.99. The largest absolute Gasteiger partial charge is 0.419 e. The summed E-state index contributed by atoms with van der Waals surface area (Å²) in [5.74, 6) is -1.47. The Hall–Kier alpha value is -1.79. The minimum atomic E-state index is -4.79. The van der Waals surface area contributed by atoms with Crippen molar-refractivity contribution in [1.82, 2.24) is 5.32 Å². The van der Waals surface area contributed by atoms with Crippen LogP contribution in [0.2, 0.25) is 0 Å². The van der Waals surface area contributed by atoms with Crippen LogP contribution in [0.3, 0.4) is 0 Å². The summed E-state index contributed by atoms with van der Waals surface area (Å²) in [6.07, 6.45) is -2.12. The summed E-state index contributed by atoms with van der Waals surface area (Å²) in [6.45, 7) is 0. The van der Waals surface area contributed by atoms with Gasteiger partial charge in [-0.15, -0.1) is 0 Å². The van der Waals surface area contributed by atoms with Crippen molar-refractivity contribution in [3.8, 4) is 0 Å². The fourth-order valence-corrected chi connectivity index (χ4v) is 1.74. The lowest BCUT2D eigenvalue weighted by molar-refractivity contribution is -0.139. The van der Waals surface area contributed by atoms with Gasteiger partial charge >= 0.3 is 12.2 Å². The second-order valence-electron chi connectivity index (χ2n) is 4.39. The molecule has 0 saturated heterocycles. The molecule has 1 aromatic rings. The molecule has 1 saturated carbocycles. The van der Waals surface area contributed by atoms with E-state index in [0.717, 1.165) is 31.4 Å². The summed E-state index contributed by atoms with van der Waals surface area (Å²) in [7, 11) is 0. The summed E-state index contributed by atoms with van der Waals surface area (Å²) in [6, 6.07) is 2.09. The first-order valence-electron chi connectivity index (χ1n) is 5.81. The van der Waals surface area contributed by atoms with E-state index in [1.165, 1.54) is 0 Å². The third kappa shape index (κ3) is 3.15. The number of rotatable bonds is 2. The van der Waals surface area contributed by atoms with Crippen LogP contribution in [-0.4, -0.2) is 12.1 Å². The number of hydrogen-bond acceptors (Lipinski definition) is 1. The molecule has 0 spiro atoms. The van der Waals surface area contributed by atoms with Crippen LogP contribution in [0.1, 0.15) is 24.8 Å². The van der Waals surface area contributed by atoms with Crippen molar-refractivity contribution in [2.75, 3.05) is 5.32 Å². The summed E-state index contributed by atoms with van der Waals surface area (Å²) in [5, 5.41) is 4.65. The van der Waals surface area contributed by atoms with Gasteiger partial charge < -0.3 is 10.6 Å². The fourth-order valence-electron chi connectivity index (χ4n) is 1.74. The number of amides is 2. The first-order valence-corrected chi connectivity index (χ1v) is 5.81. The van der Waals surface area contributed by atoms with E-state index in [-0.39, 0.29) is 6.04 Å². The highest BCUT2D eigenvalue weighted by atomic mass is 19.4. The van der Waals surface area contributed by atoms with E-state index in [0.29, 0.717) is 6.07 Å². The van der Waals surface area contributed by atoms with Crippen LogP contribution in [0, 0.1) is 5.82 Å². The predicted octanol–water partition coefficient (Wildman–Crippen LogP) is 3.52. The fraction of sp³-hybridized carbons (Fsp3) is 0.417. The number of alkyl halides is 3. The zero-order valence-electron chi connectivity index (χ0n) is 9.85. The van der Waals surface area contributed by atoms with Gasteiger partial charge in [0.05, 0.1) is 11.3 Å². The van der Waals surface area contributed by atoms with Gasteiger partial charge in [-0.3, -0.25) is 0 Å². The van der Waals surface area contributed by atoms with Gasteiger partial charge in [-0.25, -0.2) is 9.18 Å². The van der Waals surface area contributed by atoms with Gasteiger partial charge in [-0.1, -0.05) is 6.07 Å². The van der Waals surface area contributed by atoms with E-state index >= 15 is 0 Å². The average molecular weight is 276 g/mol. The molecule has 2 rings (SSSR count). The lowest BCUT2D eigenvalue weighted by Gasteiger charge is -2.26. The highest BCUT2D eigenvalue weighted by Gasteiger charge is 2.35. The van der Waals surface area contributed by atoms with E-state index < -0.39 is 29.3 Å². The molecule has 1 fully saturated rings. The normalized spacial score (nSPS) is 15.8. The number of nitrogens with one attached hydrogen (secondary N) is 2.